The summed E-state index contributed by atoms with van der Waals surface area (Å²) in [6.45, 7) is 4.14. The van der Waals surface area contributed by atoms with Crippen LogP contribution in [0.2, 0.25) is 0 Å². The summed E-state index contributed by atoms with van der Waals surface area (Å²) in [4.78, 5) is 50.3. The highest BCUT2D eigenvalue weighted by molar-refractivity contribution is 8.15. The summed E-state index contributed by atoms with van der Waals surface area (Å²) in [7, 11) is 0. The van der Waals surface area contributed by atoms with Gasteiger partial charge in [0.05, 0.1) is 10.9 Å². The molecule has 0 bridgehead atoms. The minimum atomic E-state index is -0.750. The molecule has 41 heavy (non-hydrogen) atoms. The molecular weight excluding hydrogens is 541 g/mol. The van der Waals surface area contributed by atoms with E-state index >= 15 is 0 Å². The number of thioether (sulfide) groups is 1. The van der Waals surface area contributed by atoms with Crippen molar-refractivity contribution in [1.29, 1.82) is 0 Å². The average Bonchev–Trinajstić information content (AvgIpc) is 3.30. The third-order valence-corrected chi connectivity index (χ3v) is 8.11. The van der Waals surface area contributed by atoms with Gasteiger partial charge in [0.25, 0.3) is 5.91 Å². The molecule has 0 saturated carbocycles. The smallest absolute Gasteiger partial charge is 0.259 e. The van der Waals surface area contributed by atoms with E-state index in [1.54, 1.807) is 12.1 Å². The van der Waals surface area contributed by atoms with Crippen LogP contribution in [0.3, 0.4) is 0 Å². The van der Waals surface area contributed by atoms with E-state index in [0.717, 1.165) is 16.7 Å². The Bertz CT molecular complexity index is 1540. The van der Waals surface area contributed by atoms with Gasteiger partial charge >= 0.3 is 0 Å². The van der Waals surface area contributed by atoms with E-state index in [4.69, 9.17) is 9.98 Å². The molecule has 3 aromatic carbocycles. The standard InChI is InChI=1S/C31H30FN5O3S/c1-3-26(29(39)34-22-8-6-7-19(2)17-22)41-31-36-24-10-5-4-9-23(24)28-35-25(30(40)37(28)31)15-16-27(38)33-18-20-11-13-21(32)14-12-20/h4-14,17,25-26H,3,15-16,18H2,1-2H3,(H,33,38)(H,34,39)/t25-,26-/m0/s1. The first-order valence-electron chi connectivity index (χ1n) is 13.5. The van der Waals surface area contributed by atoms with Gasteiger partial charge in [-0.15, -0.1) is 0 Å². The average molecular weight is 572 g/mol. The van der Waals surface area contributed by atoms with E-state index < -0.39 is 11.3 Å². The molecular formula is C31H30FN5O3S. The van der Waals surface area contributed by atoms with Crippen LogP contribution in [0.5, 0.6) is 0 Å². The van der Waals surface area contributed by atoms with Crippen molar-refractivity contribution in [3.8, 4) is 0 Å². The van der Waals surface area contributed by atoms with E-state index in [0.29, 0.717) is 28.8 Å². The Balaban J connectivity index is 1.28. The molecule has 3 amide bonds. The summed E-state index contributed by atoms with van der Waals surface area (Å²) in [5.74, 6) is -0.538. The molecule has 0 saturated heterocycles. The number of carbonyl (C=O) groups excluding carboxylic acids is 3. The van der Waals surface area contributed by atoms with Gasteiger partial charge in [-0.1, -0.05) is 55.1 Å². The highest BCUT2D eigenvalue weighted by Gasteiger charge is 2.42. The number of amidine groups is 2. The zero-order valence-corrected chi connectivity index (χ0v) is 23.6. The first kappa shape index (κ1) is 28.2. The number of anilines is 1. The van der Waals surface area contributed by atoms with Crippen LogP contribution < -0.4 is 10.6 Å². The monoisotopic (exact) mass is 571 g/mol. The summed E-state index contributed by atoms with van der Waals surface area (Å²) in [6.07, 6.45) is 0.842. The molecule has 2 atom stereocenters. The van der Waals surface area contributed by atoms with Crippen molar-refractivity contribution < 1.29 is 18.8 Å². The molecule has 0 unspecified atom stereocenters. The largest absolute Gasteiger partial charge is 0.352 e. The van der Waals surface area contributed by atoms with Crippen LogP contribution in [-0.2, 0) is 20.9 Å². The fraction of sp³-hybridized carbons (Fsp3) is 0.258. The molecule has 2 aliphatic heterocycles. The summed E-state index contributed by atoms with van der Waals surface area (Å²) in [6, 6.07) is 20.2. The van der Waals surface area contributed by atoms with Crippen LogP contribution in [0.4, 0.5) is 15.8 Å². The van der Waals surface area contributed by atoms with Crippen LogP contribution in [0.15, 0.2) is 82.8 Å². The molecule has 0 spiro atoms. The molecule has 0 aromatic heterocycles. The van der Waals surface area contributed by atoms with Gasteiger partial charge in [0.2, 0.25) is 11.8 Å². The first-order chi connectivity index (χ1) is 19.8. The molecule has 0 aliphatic carbocycles. The normalized spacial score (nSPS) is 16.3. The molecule has 2 heterocycles. The summed E-state index contributed by atoms with van der Waals surface area (Å²) < 4.78 is 13.1. The Morgan fingerprint density at radius 2 is 1.85 bits per heavy atom. The second kappa shape index (κ2) is 12.5. The Morgan fingerprint density at radius 3 is 2.61 bits per heavy atom. The molecule has 8 nitrogen and oxygen atoms in total. The number of benzene rings is 3. The van der Waals surface area contributed by atoms with Gasteiger partial charge in [-0.2, -0.15) is 0 Å². The number of nitrogens with zero attached hydrogens (tertiary/aromatic N) is 3. The van der Waals surface area contributed by atoms with Crippen molar-refractivity contribution in [2.24, 2.45) is 9.98 Å². The van der Waals surface area contributed by atoms with E-state index in [1.165, 1.54) is 28.8 Å². The number of hydrogen-bond acceptors (Lipinski definition) is 6. The van der Waals surface area contributed by atoms with Crippen molar-refractivity contribution in [1.82, 2.24) is 10.2 Å². The fourth-order valence-electron chi connectivity index (χ4n) is 4.62. The van der Waals surface area contributed by atoms with Gasteiger partial charge in [-0.25, -0.2) is 14.3 Å². The van der Waals surface area contributed by atoms with E-state index in [1.807, 2.05) is 62.4 Å². The lowest BCUT2D eigenvalue weighted by Gasteiger charge is -2.27. The van der Waals surface area contributed by atoms with Crippen molar-refractivity contribution in [3.05, 3.63) is 95.3 Å². The second-order valence-electron chi connectivity index (χ2n) is 9.87. The van der Waals surface area contributed by atoms with Crippen LogP contribution >= 0.6 is 11.8 Å². The zero-order valence-electron chi connectivity index (χ0n) is 22.8. The van der Waals surface area contributed by atoms with Gasteiger partial charge in [-0.3, -0.25) is 19.4 Å². The molecule has 3 aromatic rings. The van der Waals surface area contributed by atoms with E-state index in [9.17, 15) is 18.8 Å². The third-order valence-electron chi connectivity index (χ3n) is 6.79. The number of carbonyl (C=O) groups is 3. The molecule has 2 N–H and O–H groups in total. The van der Waals surface area contributed by atoms with E-state index in [-0.39, 0.29) is 42.9 Å². The number of nitrogens with one attached hydrogen (secondary N) is 2. The number of amides is 3. The van der Waals surface area contributed by atoms with Gasteiger partial charge in [0.15, 0.2) is 5.17 Å². The second-order valence-corrected chi connectivity index (χ2v) is 11.0. The quantitative estimate of drug-likeness (QED) is 0.362. The van der Waals surface area contributed by atoms with E-state index in [2.05, 4.69) is 10.6 Å². The maximum Gasteiger partial charge on any atom is 0.259 e. The predicted octanol–water partition coefficient (Wildman–Crippen LogP) is 5.34. The number of para-hydroxylation sites is 1. The maximum absolute atomic E-state index is 13.6. The molecule has 2 aliphatic rings. The Hall–Kier alpha value is -4.31. The summed E-state index contributed by atoms with van der Waals surface area (Å²) in [5, 5.41) is 5.67. The minimum Gasteiger partial charge on any atom is -0.352 e. The fourth-order valence-corrected chi connectivity index (χ4v) is 5.64. The molecule has 10 heteroatoms. The van der Waals surface area contributed by atoms with Crippen molar-refractivity contribution in [2.75, 3.05) is 5.32 Å². The number of aryl methyl sites for hydroxylation is 1. The highest BCUT2D eigenvalue weighted by Crippen LogP contribution is 2.36. The first-order valence-corrected chi connectivity index (χ1v) is 14.4. The molecule has 0 radical (unpaired) electrons. The van der Waals surface area contributed by atoms with Gasteiger partial charge in [0, 0.05) is 24.2 Å². The Morgan fingerprint density at radius 1 is 1.07 bits per heavy atom. The molecule has 0 fully saturated rings. The zero-order chi connectivity index (χ0) is 28.9. The Kier molecular flexibility index (Phi) is 8.58. The van der Waals surface area contributed by atoms with Crippen molar-refractivity contribution >= 4 is 51.9 Å². The van der Waals surface area contributed by atoms with Crippen molar-refractivity contribution in [2.45, 2.75) is 50.9 Å². The molecule has 210 valence electrons. The number of rotatable bonds is 9. The summed E-state index contributed by atoms with van der Waals surface area (Å²) in [5.41, 5.74) is 3.92. The Labute approximate surface area is 242 Å². The van der Waals surface area contributed by atoms with Crippen LogP contribution in [0, 0.1) is 12.7 Å². The number of halogens is 1. The topological polar surface area (TPSA) is 103 Å². The SMILES string of the molecule is CC[C@H](SC1=Nc2ccccc2C2=N[C@@H](CCC(=O)NCc3ccc(F)cc3)C(=O)N12)C(=O)Nc1cccc(C)c1. The van der Waals surface area contributed by atoms with Gasteiger partial charge in [-0.05, 0) is 67.3 Å². The highest BCUT2D eigenvalue weighted by atomic mass is 32.2. The lowest BCUT2D eigenvalue weighted by Crippen LogP contribution is -2.42. The van der Waals surface area contributed by atoms with Crippen LogP contribution in [0.25, 0.3) is 0 Å². The number of aliphatic imine (C=N–C) groups is 2. The third kappa shape index (κ3) is 6.54. The summed E-state index contributed by atoms with van der Waals surface area (Å²) >= 11 is 1.23. The van der Waals surface area contributed by atoms with Crippen LogP contribution in [0.1, 0.15) is 42.9 Å². The van der Waals surface area contributed by atoms with Crippen LogP contribution in [-0.4, -0.2) is 44.9 Å². The molecule has 5 rings (SSSR count). The van der Waals surface area contributed by atoms with Gasteiger partial charge in [0.1, 0.15) is 17.7 Å². The predicted molar refractivity (Wildman–Crippen MR) is 160 cm³/mol. The van der Waals surface area contributed by atoms with Crippen molar-refractivity contribution in [3.63, 3.8) is 0 Å². The minimum absolute atomic E-state index is 0.0972. The number of fused-ring (bicyclic) bond motifs is 3. The lowest BCUT2D eigenvalue weighted by molar-refractivity contribution is -0.125. The number of hydrogen-bond donors (Lipinski definition) is 2. The van der Waals surface area contributed by atoms with Gasteiger partial charge < -0.3 is 10.6 Å². The lowest BCUT2D eigenvalue weighted by atomic mass is 10.1. The maximum atomic E-state index is 13.6.